The summed E-state index contributed by atoms with van der Waals surface area (Å²) in [6.07, 6.45) is 1.31. The van der Waals surface area contributed by atoms with Crippen molar-refractivity contribution in [2.45, 2.75) is 26.2 Å². The molecule has 2 aromatic rings. The minimum absolute atomic E-state index is 0.278. The van der Waals surface area contributed by atoms with Gasteiger partial charge in [0, 0.05) is 29.2 Å². The summed E-state index contributed by atoms with van der Waals surface area (Å²) in [6.45, 7) is 3.86. The molecule has 0 spiro atoms. The van der Waals surface area contributed by atoms with Crippen molar-refractivity contribution < 1.29 is 9.84 Å². The van der Waals surface area contributed by atoms with Crippen LogP contribution in [0.15, 0.2) is 30.5 Å². The molecule has 1 aromatic heterocycles. The van der Waals surface area contributed by atoms with Crippen LogP contribution in [0, 0.1) is 6.92 Å². The van der Waals surface area contributed by atoms with E-state index in [1.54, 1.807) is 11.3 Å². The molecule has 0 amide bonds. The fourth-order valence-electron chi connectivity index (χ4n) is 1.83. The Labute approximate surface area is 133 Å². The van der Waals surface area contributed by atoms with Gasteiger partial charge in [-0.3, -0.25) is 0 Å². The molecule has 0 fully saturated rings. The van der Waals surface area contributed by atoms with E-state index in [2.05, 4.69) is 10.3 Å². The highest BCUT2D eigenvalue weighted by Gasteiger charge is 2.06. The van der Waals surface area contributed by atoms with Crippen molar-refractivity contribution >= 4 is 22.9 Å². The minimum Gasteiger partial charge on any atom is -0.389 e. The lowest BCUT2D eigenvalue weighted by molar-refractivity contribution is 0.0288. The number of ether oxygens (including phenoxy) is 1. The Morgan fingerprint density at radius 2 is 2.24 bits per heavy atom. The highest BCUT2D eigenvalue weighted by molar-refractivity contribution is 7.11. The first kappa shape index (κ1) is 16.4. The molecule has 0 aliphatic carbocycles. The molecule has 6 heteroatoms. The number of aliphatic hydroxyl groups is 1. The molecule has 114 valence electrons. The normalized spacial score (nSPS) is 12.5. The molecule has 0 radical (unpaired) electrons. The van der Waals surface area contributed by atoms with Crippen LogP contribution in [0.25, 0.3) is 0 Å². The fourth-order valence-corrected chi connectivity index (χ4v) is 2.78. The Kier molecular flexibility index (Phi) is 6.60. The molecule has 0 aliphatic heterocycles. The topological polar surface area (TPSA) is 54.4 Å². The van der Waals surface area contributed by atoms with Gasteiger partial charge in [0.2, 0.25) is 0 Å². The van der Waals surface area contributed by atoms with Crippen LogP contribution in [0.3, 0.4) is 0 Å². The van der Waals surface area contributed by atoms with E-state index < -0.39 is 6.10 Å². The van der Waals surface area contributed by atoms with Crippen LogP contribution >= 0.6 is 22.9 Å². The van der Waals surface area contributed by atoms with Crippen molar-refractivity contribution in [3.8, 4) is 0 Å². The van der Waals surface area contributed by atoms with E-state index in [1.807, 2.05) is 37.4 Å². The molecule has 1 heterocycles. The molecule has 1 unspecified atom stereocenters. The smallest absolute Gasteiger partial charge is 0.0897 e. The highest BCUT2D eigenvalue weighted by atomic mass is 35.5. The Morgan fingerprint density at radius 1 is 1.43 bits per heavy atom. The average Bonchev–Trinajstić information content (AvgIpc) is 2.87. The van der Waals surface area contributed by atoms with Crippen molar-refractivity contribution in [1.82, 2.24) is 10.3 Å². The molecular formula is C15H19ClN2O2S. The monoisotopic (exact) mass is 326 g/mol. The number of aliphatic hydroxyl groups excluding tert-OH is 1. The van der Waals surface area contributed by atoms with Crippen molar-refractivity contribution in [2.24, 2.45) is 0 Å². The average molecular weight is 327 g/mol. The van der Waals surface area contributed by atoms with Gasteiger partial charge in [0.05, 0.1) is 24.3 Å². The SMILES string of the molecule is Cc1ncc(CNCC(O)COCc2ccccc2Cl)s1. The van der Waals surface area contributed by atoms with E-state index in [0.29, 0.717) is 24.7 Å². The lowest BCUT2D eigenvalue weighted by Crippen LogP contribution is -2.29. The maximum atomic E-state index is 9.85. The predicted octanol–water partition coefficient (Wildman–Crippen LogP) is 2.77. The van der Waals surface area contributed by atoms with Crippen molar-refractivity contribution in [1.29, 1.82) is 0 Å². The Bertz CT molecular complexity index is 562. The summed E-state index contributed by atoms with van der Waals surface area (Å²) in [5, 5.41) is 14.8. The van der Waals surface area contributed by atoms with Gasteiger partial charge in [0.1, 0.15) is 0 Å². The van der Waals surface area contributed by atoms with Crippen LogP contribution < -0.4 is 5.32 Å². The number of aromatic nitrogens is 1. The summed E-state index contributed by atoms with van der Waals surface area (Å²) < 4.78 is 5.49. The third kappa shape index (κ3) is 5.73. The lowest BCUT2D eigenvalue weighted by atomic mass is 10.2. The van der Waals surface area contributed by atoms with Crippen LogP contribution in [0.2, 0.25) is 5.02 Å². The molecular weight excluding hydrogens is 308 g/mol. The maximum Gasteiger partial charge on any atom is 0.0897 e. The van der Waals surface area contributed by atoms with Crippen molar-refractivity contribution in [2.75, 3.05) is 13.2 Å². The van der Waals surface area contributed by atoms with E-state index in [-0.39, 0.29) is 6.61 Å². The third-order valence-corrected chi connectivity index (χ3v) is 4.16. The lowest BCUT2D eigenvalue weighted by Gasteiger charge is -2.12. The number of thiazole rings is 1. The zero-order chi connectivity index (χ0) is 15.1. The van der Waals surface area contributed by atoms with Crippen LogP contribution in [-0.2, 0) is 17.9 Å². The van der Waals surface area contributed by atoms with Crippen molar-refractivity contribution in [3.63, 3.8) is 0 Å². The quantitative estimate of drug-likeness (QED) is 0.783. The molecule has 0 saturated heterocycles. The summed E-state index contributed by atoms with van der Waals surface area (Å²) in [6, 6.07) is 7.54. The Balaban J connectivity index is 1.61. The van der Waals surface area contributed by atoms with Gasteiger partial charge in [-0.2, -0.15) is 0 Å². The van der Waals surface area contributed by atoms with E-state index >= 15 is 0 Å². The maximum absolute atomic E-state index is 9.85. The molecule has 1 aromatic carbocycles. The number of rotatable bonds is 8. The Morgan fingerprint density at radius 3 is 2.95 bits per heavy atom. The zero-order valence-electron chi connectivity index (χ0n) is 11.9. The van der Waals surface area contributed by atoms with E-state index in [1.165, 1.54) is 0 Å². The van der Waals surface area contributed by atoms with Crippen LogP contribution in [0.5, 0.6) is 0 Å². The first-order valence-corrected chi connectivity index (χ1v) is 7.96. The Hall–Kier alpha value is -0.980. The second-order valence-corrected chi connectivity index (χ2v) is 6.46. The molecule has 2 rings (SSSR count). The molecule has 21 heavy (non-hydrogen) atoms. The summed E-state index contributed by atoms with van der Waals surface area (Å²) in [4.78, 5) is 5.35. The number of hydrogen-bond acceptors (Lipinski definition) is 5. The molecule has 1 atom stereocenters. The minimum atomic E-state index is -0.540. The number of halogens is 1. The van der Waals surface area contributed by atoms with Gasteiger partial charge >= 0.3 is 0 Å². The fraction of sp³-hybridized carbons (Fsp3) is 0.400. The van der Waals surface area contributed by atoms with Crippen LogP contribution in [-0.4, -0.2) is 29.3 Å². The van der Waals surface area contributed by atoms with Gasteiger partial charge in [-0.15, -0.1) is 11.3 Å². The first-order chi connectivity index (χ1) is 10.1. The van der Waals surface area contributed by atoms with Gasteiger partial charge in [-0.25, -0.2) is 4.98 Å². The molecule has 0 saturated carbocycles. The zero-order valence-corrected chi connectivity index (χ0v) is 13.5. The van der Waals surface area contributed by atoms with Gasteiger partial charge in [-0.05, 0) is 18.6 Å². The van der Waals surface area contributed by atoms with Gasteiger partial charge < -0.3 is 15.2 Å². The van der Waals surface area contributed by atoms with Crippen LogP contribution in [0.4, 0.5) is 0 Å². The van der Waals surface area contributed by atoms with E-state index in [4.69, 9.17) is 16.3 Å². The van der Waals surface area contributed by atoms with Gasteiger partial charge in [0.25, 0.3) is 0 Å². The second kappa shape index (κ2) is 8.46. The summed E-state index contributed by atoms with van der Waals surface area (Å²) in [7, 11) is 0. The van der Waals surface area contributed by atoms with Crippen molar-refractivity contribution in [3.05, 3.63) is 50.9 Å². The number of nitrogens with zero attached hydrogens (tertiary/aromatic N) is 1. The van der Waals surface area contributed by atoms with Gasteiger partial charge in [0.15, 0.2) is 0 Å². The number of benzene rings is 1. The molecule has 0 bridgehead atoms. The highest BCUT2D eigenvalue weighted by Crippen LogP contribution is 2.15. The second-order valence-electron chi connectivity index (χ2n) is 4.74. The molecule has 4 nitrogen and oxygen atoms in total. The third-order valence-electron chi connectivity index (χ3n) is 2.87. The van der Waals surface area contributed by atoms with Crippen LogP contribution in [0.1, 0.15) is 15.4 Å². The molecule has 2 N–H and O–H groups in total. The first-order valence-electron chi connectivity index (χ1n) is 6.76. The summed E-state index contributed by atoms with van der Waals surface area (Å²) >= 11 is 7.69. The molecule has 0 aliphatic rings. The summed E-state index contributed by atoms with van der Waals surface area (Å²) in [5.74, 6) is 0. The standard InChI is InChI=1S/C15H19ClN2O2S/c1-11-18-8-14(21-11)7-17-6-13(19)10-20-9-12-4-2-3-5-15(12)16/h2-5,8,13,17,19H,6-7,9-10H2,1H3. The number of hydrogen-bond donors (Lipinski definition) is 2. The number of aryl methyl sites for hydroxylation is 1. The van der Waals surface area contributed by atoms with E-state index in [0.717, 1.165) is 15.4 Å². The largest absolute Gasteiger partial charge is 0.389 e. The van der Waals surface area contributed by atoms with E-state index in [9.17, 15) is 5.11 Å². The number of nitrogens with one attached hydrogen (secondary N) is 1. The predicted molar refractivity (Wildman–Crippen MR) is 85.7 cm³/mol. The summed E-state index contributed by atoms with van der Waals surface area (Å²) in [5.41, 5.74) is 0.930. The van der Waals surface area contributed by atoms with Gasteiger partial charge in [-0.1, -0.05) is 29.8 Å².